The van der Waals surface area contributed by atoms with E-state index in [-0.39, 0.29) is 11.8 Å². The van der Waals surface area contributed by atoms with Crippen molar-refractivity contribution in [3.8, 4) is 39.1 Å². The number of amides is 2. The number of aryl methyl sites for hydroxylation is 2. The van der Waals surface area contributed by atoms with Crippen LogP contribution in [0, 0.1) is 13.8 Å². The van der Waals surface area contributed by atoms with Crippen LogP contribution in [-0.2, 0) is 0 Å². The number of carbonyl (C=O) groups excluding carboxylic acids is 2. The first-order valence-corrected chi connectivity index (χ1v) is 16.8. The van der Waals surface area contributed by atoms with E-state index in [2.05, 4.69) is 103 Å². The molecule has 4 heteroatoms. The van der Waals surface area contributed by atoms with Gasteiger partial charge >= 0.3 is 0 Å². The summed E-state index contributed by atoms with van der Waals surface area (Å²) in [5, 5.41) is 2.16. The molecule has 9 rings (SSSR count). The fourth-order valence-corrected chi connectivity index (χ4v) is 7.41. The molecule has 4 nitrogen and oxygen atoms in total. The monoisotopic (exact) mass is 644 g/mol. The van der Waals surface area contributed by atoms with Crippen LogP contribution in [-0.4, -0.2) is 16.4 Å². The molecular weight excluding hydrogens is 613 g/mol. The molecule has 1 aromatic heterocycles. The van der Waals surface area contributed by atoms with Gasteiger partial charge in [0.1, 0.15) is 0 Å². The van der Waals surface area contributed by atoms with Gasteiger partial charge in [-0.1, -0.05) is 120 Å². The second-order valence-corrected chi connectivity index (χ2v) is 13.1. The van der Waals surface area contributed by atoms with Crippen molar-refractivity contribution >= 4 is 39.3 Å². The van der Waals surface area contributed by atoms with Gasteiger partial charge in [0.2, 0.25) is 0 Å². The van der Waals surface area contributed by atoms with Crippen molar-refractivity contribution in [2.75, 3.05) is 4.90 Å². The molecule has 0 N–H and O–H groups in total. The highest BCUT2D eigenvalue weighted by Gasteiger charge is 2.39. The minimum Gasteiger partial charge on any atom is -0.308 e. The third-order valence-electron chi connectivity index (χ3n) is 9.83. The molecule has 7 aromatic carbocycles. The fourth-order valence-electron chi connectivity index (χ4n) is 7.41. The molecule has 8 aromatic rings. The molecule has 0 saturated heterocycles. The highest BCUT2D eigenvalue weighted by molar-refractivity contribution is 6.35. The zero-order chi connectivity index (χ0) is 33.9. The summed E-state index contributed by atoms with van der Waals surface area (Å²) in [7, 11) is 0. The highest BCUT2D eigenvalue weighted by Crippen LogP contribution is 2.40. The summed E-state index contributed by atoms with van der Waals surface area (Å²) in [5.74, 6) is -0.639. The number of fused-ring (bicyclic) bond motifs is 4. The Hall–Kier alpha value is -6.52. The van der Waals surface area contributed by atoms with Crippen molar-refractivity contribution in [2.24, 2.45) is 0 Å². The maximum Gasteiger partial charge on any atom is 0.268 e. The average Bonchev–Trinajstić information content (AvgIpc) is 3.61. The maximum absolute atomic E-state index is 14.4. The fraction of sp³-hybridized carbons (Fsp3) is 0.0435. The summed E-state index contributed by atoms with van der Waals surface area (Å²) in [4.78, 5) is 29.7. The second-order valence-electron chi connectivity index (χ2n) is 13.1. The van der Waals surface area contributed by atoms with Gasteiger partial charge < -0.3 is 4.57 Å². The number of imide groups is 1. The number of hydrogen-bond donors (Lipinski definition) is 0. The smallest absolute Gasteiger partial charge is 0.268 e. The average molecular weight is 645 g/mol. The SMILES string of the molecule is Cc1cccc(-c2ccc3c(c2)c2cc(-c4cccc(C)c4)ccc2n3-c2cccc3c2C(=O)N(c2ccc(-c4ccccc4)cc2)C3=O)c1. The zero-order valence-electron chi connectivity index (χ0n) is 27.7. The molecule has 0 atom stereocenters. The zero-order valence-corrected chi connectivity index (χ0v) is 27.7. The molecule has 2 heterocycles. The standard InChI is InChI=1S/C46H32N2O2/c1-29-9-6-13-33(25-29)35-19-23-41-39(27-35)40-28-36(34-14-7-10-30(2)26-34)20-24-42(40)48(41)43-16-8-15-38-44(43)46(50)47(45(38)49)37-21-17-32(18-22-37)31-11-4-3-5-12-31/h3-28H,1-2H3. The van der Waals surface area contributed by atoms with Crippen molar-refractivity contribution in [3.63, 3.8) is 0 Å². The number of anilines is 1. The summed E-state index contributed by atoms with van der Waals surface area (Å²) in [6.45, 7) is 4.22. The molecule has 1 aliphatic heterocycles. The number of carbonyl (C=O) groups is 2. The number of benzene rings is 7. The second kappa shape index (κ2) is 11.6. The minimum atomic E-state index is -0.323. The van der Waals surface area contributed by atoms with E-state index in [1.807, 2.05) is 66.7 Å². The molecule has 0 fully saturated rings. The first kappa shape index (κ1) is 29.6. The minimum absolute atomic E-state index is 0.316. The number of aromatic nitrogens is 1. The van der Waals surface area contributed by atoms with E-state index in [0.717, 1.165) is 55.2 Å². The van der Waals surface area contributed by atoms with Crippen LogP contribution in [0.2, 0.25) is 0 Å². The Labute approximate surface area is 290 Å². The molecule has 0 bridgehead atoms. The van der Waals surface area contributed by atoms with Gasteiger partial charge in [0.25, 0.3) is 11.8 Å². The van der Waals surface area contributed by atoms with Crippen LogP contribution in [0.5, 0.6) is 0 Å². The van der Waals surface area contributed by atoms with Gasteiger partial charge in [0.05, 0.1) is 33.5 Å². The lowest BCUT2D eigenvalue weighted by atomic mass is 9.99. The summed E-state index contributed by atoms with van der Waals surface area (Å²) >= 11 is 0. The van der Waals surface area contributed by atoms with E-state index >= 15 is 0 Å². The molecule has 0 radical (unpaired) electrons. The maximum atomic E-state index is 14.4. The van der Waals surface area contributed by atoms with E-state index in [1.54, 1.807) is 6.07 Å². The lowest BCUT2D eigenvalue weighted by Gasteiger charge is -2.15. The Balaban J connectivity index is 1.22. The molecular formula is C46H32N2O2. The summed E-state index contributed by atoms with van der Waals surface area (Å²) in [6.07, 6.45) is 0. The number of rotatable bonds is 5. The van der Waals surface area contributed by atoms with Gasteiger partial charge in [-0.2, -0.15) is 0 Å². The van der Waals surface area contributed by atoms with E-state index in [4.69, 9.17) is 0 Å². The van der Waals surface area contributed by atoms with E-state index in [1.165, 1.54) is 16.0 Å². The van der Waals surface area contributed by atoms with Crippen molar-refractivity contribution < 1.29 is 9.59 Å². The third-order valence-corrected chi connectivity index (χ3v) is 9.83. The van der Waals surface area contributed by atoms with Crippen LogP contribution < -0.4 is 4.90 Å². The molecule has 0 spiro atoms. The lowest BCUT2D eigenvalue weighted by molar-refractivity contribution is 0.0926. The van der Waals surface area contributed by atoms with Gasteiger partial charge in [0.15, 0.2) is 0 Å². The van der Waals surface area contributed by atoms with Gasteiger partial charge in [-0.15, -0.1) is 0 Å². The molecule has 2 amide bonds. The Morgan fingerprint density at radius 2 is 0.920 bits per heavy atom. The van der Waals surface area contributed by atoms with Crippen LogP contribution in [0.3, 0.4) is 0 Å². The molecule has 0 unspecified atom stereocenters. The van der Waals surface area contributed by atoms with E-state index in [0.29, 0.717) is 22.5 Å². The molecule has 0 saturated carbocycles. The Morgan fingerprint density at radius 1 is 0.420 bits per heavy atom. The first-order chi connectivity index (χ1) is 24.4. The topological polar surface area (TPSA) is 42.3 Å². The molecule has 0 aliphatic carbocycles. The van der Waals surface area contributed by atoms with Gasteiger partial charge in [0, 0.05) is 10.8 Å². The number of nitrogens with zero attached hydrogens (tertiary/aromatic N) is 2. The predicted molar refractivity (Wildman–Crippen MR) is 204 cm³/mol. The predicted octanol–water partition coefficient (Wildman–Crippen LogP) is 11.2. The van der Waals surface area contributed by atoms with Crippen molar-refractivity contribution in [1.82, 2.24) is 4.57 Å². The van der Waals surface area contributed by atoms with Gasteiger partial charge in [-0.3, -0.25) is 9.59 Å². The highest BCUT2D eigenvalue weighted by atomic mass is 16.2. The van der Waals surface area contributed by atoms with Gasteiger partial charge in [-0.25, -0.2) is 4.90 Å². The molecule has 1 aliphatic rings. The van der Waals surface area contributed by atoms with Gasteiger partial charge in [-0.05, 0) is 95.8 Å². The summed E-state index contributed by atoms with van der Waals surface area (Å²) in [6, 6.07) is 53.4. The van der Waals surface area contributed by atoms with Crippen LogP contribution in [0.25, 0.3) is 60.9 Å². The Bertz CT molecular complexity index is 2550. The third kappa shape index (κ3) is 4.76. The van der Waals surface area contributed by atoms with Crippen molar-refractivity contribution in [2.45, 2.75) is 13.8 Å². The van der Waals surface area contributed by atoms with Crippen molar-refractivity contribution in [3.05, 3.63) is 180 Å². The quantitative estimate of drug-likeness (QED) is 0.175. The summed E-state index contributed by atoms with van der Waals surface area (Å²) < 4.78 is 2.15. The number of hydrogen-bond acceptors (Lipinski definition) is 2. The Kier molecular flexibility index (Phi) is 6.85. The Morgan fingerprint density at radius 3 is 1.50 bits per heavy atom. The van der Waals surface area contributed by atoms with Crippen molar-refractivity contribution in [1.29, 1.82) is 0 Å². The molecule has 50 heavy (non-hydrogen) atoms. The normalized spacial score (nSPS) is 12.6. The van der Waals surface area contributed by atoms with Crippen LogP contribution in [0.1, 0.15) is 31.8 Å². The molecule has 238 valence electrons. The van der Waals surface area contributed by atoms with E-state index < -0.39 is 0 Å². The van der Waals surface area contributed by atoms with Crippen LogP contribution >= 0.6 is 0 Å². The van der Waals surface area contributed by atoms with Crippen LogP contribution in [0.4, 0.5) is 5.69 Å². The van der Waals surface area contributed by atoms with E-state index in [9.17, 15) is 9.59 Å². The first-order valence-electron chi connectivity index (χ1n) is 16.8. The van der Waals surface area contributed by atoms with Crippen LogP contribution in [0.15, 0.2) is 158 Å². The largest absolute Gasteiger partial charge is 0.308 e. The summed E-state index contributed by atoms with van der Waals surface area (Å²) in [5.41, 5.74) is 13.0. The lowest BCUT2D eigenvalue weighted by Crippen LogP contribution is -2.29.